The molecule has 1 aromatic rings. The lowest BCUT2D eigenvalue weighted by Gasteiger charge is -2.35. The molecule has 1 aliphatic heterocycles. The topological polar surface area (TPSA) is 23.5 Å². The van der Waals surface area contributed by atoms with Gasteiger partial charge in [-0.05, 0) is 30.8 Å². The van der Waals surface area contributed by atoms with Crippen LogP contribution in [0, 0.1) is 5.82 Å². The molecule has 0 bridgehead atoms. The molecule has 2 unspecified atom stereocenters. The molecule has 1 fully saturated rings. The molecule has 0 aromatic heterocycles. The van der Waals surface area contributed by atoms with Crippen molar-refractivity contribution in [1.82, 2.24) is 4.90 Å². The number of hydrogen-bond donors (Lipinski definition) is 1. The lowest BCUT2D eigenvalue weighted by Crippen LogP contribution is -2.47. The highest BCUT2D eigenvalue weighted by atomic mass is 79.9. The van der Waals surface area contributed by atoms with Gasteiger partial charge in [0.1, 0.15) is 5.82 Å². The van der Waals surface area contributed by atoms with Crippen LogP contribution in [-0.2, 0) is 6.42 Å². The van der Waals surface area contributed by atoms with E-state index in [0.29, 0.717) is 6.42 Å². The third-order valence-electron chi connectivity index (χ3n) is 3.32. The zero-order valence-electron chi connectivity index (χ0n) is 10.3. The number of nitrogens with zero attached hydrogens (tertiary/aromatic N) is 1. The summed E-state index contributed by atoms with van der Waals surface area (Å²) in [5, 5.41) is 10.3. The second kappa shape index (κ2) is 6.37. The first-order chi connectivity index (χ1) is 8.58. The average molecular weight is 334 g/mol. The minimum Gasteiger partial charge on any atom is -0.391 e. The Labute approximate surface area is 120 Å². The maximum Gasteiger partial charge on any atom is 0.123 e. The molecule has 1 heterocycles. The molecule has 0 saturated carbocycles. The van der Waals surface area contributed by atoms with Crippen LogP contribution in [0.4, 0.5) is 4.39 Å². The smallest absolute Gasteiger partial charge is 0.123 e. The molecule has 2 nitrogen and oxygen atoms in total. The van der Waals surface area contributed by atoms with Gasteiger partial charge in [0.15, 0.2) is 0 Å². The second-order valence-corrected chi connectivity index (χ2v) is 6.63. The van der Waals surface area contributed by atoms with E-state index in [-0.39, 0.29) is 11.9 Å². The number of aliphatic hydroxyl groups is 1. The monoisotopic (exact) mass is 333 g/mol. The fourth-order valence-electron chi connectivity index (χ4n) is 2.17. The number of hydrogen-bond acceptors (Lipinski definition) is 3. The Morgan fingerprint density at radius 3 is 3.11 bits per heavy atom. The fraction of sp³-hybridized carbons (Fsp3) is 0.538. The van der Waals surface area contributed by atoms with Crippen molar-refractivity contribution >= 4 is 27.7 Å². The average Bonchev–Trinajstić information content (AvgIpc) is 2.34. The molecule has 1 aromatic carbocycles. The van der Waals surface area contributed by atoms with Crippen LogP contribution in [0.1, 0.15) is 5.56 Å². The number of halogens is 2. The second-order valence-electron chi connectivity index (χ2n) is 4.63. The number of benzene rings is 1. The number of thioether (sulfide) groups is 1. The normalized spacial score (nSPS) is 23.0. The molecule has 18 heavy (non-hydrogen) atoms. The molecule has 0 amide bonds. The van der Waals surface area contributed by atoms with Gasteiger partial charge in [-0.1, -0.05) is 15.9 Å². The molecule has 0 radical (unpaired) electrons. The van der Waals surface area contributed by atoms with Gasteiger partial charge in [0.25, 0.3) is 0 Å². The Kier molecular flexibility index (Phi) is 5.06. The summed E-state index contributed by atoms with van der Waals surface area (Å²) < 4.78 is 14.1. The number of rotatable bonds is 3. The summed E-state index contributed by atoms with van der Waals surface area (Å²) >= 11 is 5.27. The maximum atomic E-state index is 13.2. The Balaban J connectivity index is 2.05. The van der Waals surface area contributed by atoms with Crippen molar-refractivity contribution in [2.24, 2.45) is 0 Å². The largest absolute Gasteiger partial charge is 0.391 e. The van der Waals surface area contributed by atoms with E-state index in [1.54, 1.807) is 6.07 Å². The van der Waals surface area contributed by atoms with E-state index in [2.05, 4.69) is 20.8 Å². The summed E-state index contributed by atoms with van der Waals surface area (Å²) in [5.41, 5.74) is 0.825. The Morgan fingerprint density at radius 1 is 1.61 bits per heavy atom. The molecule has 0 spiro atoms. The van der Waals surface area contributed by atoms with Gasteiger partial charge in [0.2, 0.25) is 0 Å². The lowest BCUT2D eigenvalue weighted by atomic mass is 10.0. The summed E-state index contributed by atoms with van der Waals surface area (Å²) in [6.45, 7) is 0.997. The quantitative estimate of drug-likeness (QED) is 0.919. The van der Waals surface area contributed by atoms with E-state index >= 15 is 0 Å². The summed E-state index contributed by atoms with van der Waals surface area (Å²) in [7, 11) is 2.04. The van der Waals surface area contributed by atoms with E-state index in [1.807, 2.05) is 18.8 Å². The molecule has 1 N–H and O–H groups in total. The van der Waals surface area contributed by atoms with Crippen molar-refractivity contribution in [2.75, 3.05) is 25.1 Å². The molecule has 1 saturated heterocycles. The van der Waals surface area contributed by atoms with Gasteiger partial charge in [0.05, 0.1) is 6.10 Å². The molecule has 1 aliphatic rings. The number of aliphatic hydroxyl groups excluding tert-OH is 1. The highest BCUT2D eigenvalue weighted by molar-refractivity contribution is 9.10. The van der Waals surface area contributed by atoms with E-state index < -0.39 is 6.10 Å². The summed E-state index contributed by atoms with van der Waals surface area (Å²) in [6.07, 6.45) is 0.0226. The van der Waals surface area contributed by atoms with Crippen LogP contribution in [0.2, 0.25) is 0 Å². The first kappa shape index (κ1) is 14.3. The molecule has 0 aliphatic carbocycles. The van der Waals surface area contributed by atoms with Crippen LogP contribution in [-0.4, -0.2) is 47.3 Å². The van der Waals surface area contributed by atoms with Crippen LogP contribution >= 0.6 is 27.7 Å². The Bertz CT molecular complexity index is 418. The fourth-order valence-corrected chi connectivity index (χ4v) is 3.88. The van der Waals surface area contributed by atoms with Crippen molar-refractivity contribution in [2.45, 2.75) is 18.6 Å². The van der Waals surface area contributed by atoms with Crippen LogP contribution in [0.25, 0.3) is 0 Å². The van der Waals surface area contributed by atoms with Crippen molar-refractivity contribution in [3.05, 3.63) is 34.1 Å². The van der Waals surface area contributed by atoms with E-state index in [0.717, 1.165) is 28.1 Å². The SMILES string of the molecule is CN1CCSCC1C(O)Cc1cc(F)ccc1Br. The minimum absolute atomic E-state index is 0.152. The molecule has 100 valence electrons. The highest BCUT2D eigenvalue weighted by Gasteiger charge is 2.27. The van der Waals surface area contributed by atoms with E-state index in [4.69, 9.17) is 0 Å². The zero-order chi connectivity index (χ0) is 13.1. The lowest BCUT2D eigenvalue weighted by molar-refractivity contribution is 0.0761. The van der Waals surface area contributed by atoms with Gasteiger partial charge >= 0.3 is 0 Å². The molecular weight excluding hydrogens is 317 g/mol. The van der Waals surface area contributed by atoms with Crippen molar-refractivity contribution in [3.8, 4) is 0 Å². The van der Waals surface area contributed by atoms with E-state index in [1.165, 1.54) is 12.1 Å². The van der Waals surface area contributed by atoms with Crippen LogP contribution in [0.5, 0.6) is 0 Å². The Hall–Kier alpha value is -0.100. The van der Waals surface area contributed by atoms with Gasteiger partial charge < -0.3 is 5.11 Å². The zero-order valence-corrected chi connectivity index (χ0v) is 12.7. The first-order valence-corrected chi connectivity index (χ1v) is 7.92. The summed E-state index contributed by atoms with van der Waals surface area (Å²) in [4.78, 5) is 2.19. The first-order valence-electron chi connectivity index (χ1n) is 5.98. The third-order valence-corrected chi connectivity index (χ3v) is 5.15. The predicted molar refractivity (Wildman–Crippen MR) is 77.6 cm³/mol. The van der Waals surface area contributed by atoms with Gasteiger partial charge in [-0.15, -0.1) is 0 Å². The maximum absolute atomic E-state index is 13.2. The standard InChI is InChI=1S/C13H17BrFNOS/c1-16-4-5-18-8-12(16)13(17)7-9-6-10(15)2-3-11(9)14/h2-3,6,12-13,17H,4-5,7-8H2,1H3. The van der Waals surface area contributed by atoms with E-state index in [9.17, 15) is 9.50 Å². The minimum atomic E-state index is -0.458. The van der Waals surface area contributed by atoms with Crippen molar-refractivity contribution in [1.29, 1.82) is 0 Å². The number of likely N-dealkylation sites (N-methyl/N-ethyl adjacent to an activating group) is 1. The molecule has 5 heteroatoms. The van der Waals surface area contributed by atoms with Crippen LogP contribution in [0.3, 0.4) is 0 Å². The Morgan fingerprint density at radius 2 is 2.39 bits per heavy atom. The molecule has 2 atom stereocenters. The van der Waals surface area contributed by atoms with Gasteiger partial charge in [-0.2, -0.15) is 11.8 Å². The highest BCUT2D eigenvalue weighted by Crippen LogP contribution is 2.23. The van der Waals surface area contributed by atoms with Gasteiger partial charge in [0, 0.05) is 35.0 Å². The van der Waals surface area contributed by atoms with Crippen LogP contribution in [0.15, 0.2) is 22.7 Å². The third kappa shape index (κ3) is 3.47. The summed E-state index contributed by atoms with van der Waals surface area (Å²) in [5.74, 6) is 1.79. The van der Waals surface area contributed by atoms with Gasteiger partial charge in [-0.25, -0.2) is 4.39 Å². The van der Waals surface area contributed by atoms with Gasteiger partial charge in [-0.3, -0.25) is 4.90 Å². The van der Waals surface area contributed by atoms with Crippen LogP contribution < -0.4 is 0 Å². The summed E-state index contributed by atoms with van der Waals surface area (Å²) in [6, 6.07) is 4.75. The van der Waals surface area contributed by atoms with Crippen molar-refractivity contribution in [3.63, 3.8) is 0 Å². The predicted octanol–water partition coefficient (Wildman–Crippen LogP) is 2.54. The molecular formula is C13H17BrFNOS. The molecule has 2 rings (SSSR count). The van der Waals surface area contributed by atoms with Crippen molar-refractivity contribution < 1.29 is 9.50 Å².